The van der Waals surface area contributed by atoms with Crippen LogP contribution in [0.3, 0.4) is 0 Å². The molecule has 1 atom stereocenters. The summed E-state index contributed by atoms with van der Waals surface area (Å²) in [6.07, 6.45) is 4.74. The van der Waals surface area contributed by atoms with Gasteiger partial charge in [-0.1, -0.05) is 40.5 Å². The summed E-state index contributed by atoms with van der Waals surface area (Å²) in [7, 11) is 0. The van der Waals surface area contributed by atoms with E-state index in [2.05, 4.69) is 24.5 Å². The minimum absolute atomic E-state index is 0.0275. The first-order valence-corrected chi connectivity index (χ1v) is 7.91. The van der Waals surface area contributed by atoms with Crippen molar-refractivity contribution in [3.8, 4) is 0 Å². The Morgan fingerprint density at radius 3 is 2.00 bits per heavy atom. The zero-order valence-corrected chi connectivity index (χ0v) is 13.6. The molecule has 0 aliphatic carbocycles. The average Bonchev–Trinajstić information content (AvgIpc) is 2.47. The quantitative estimate of drug-likeness (QED) is 0.537. The highest BCUT2D eigenvalue weighted by Gasteiger charge is 2.14. The van der Waals surface area contributed by atoms with Gasteiger partial charge in [0.15, 0.2) is 0 Å². The lowest BCUT2D eigenvalue weighted by molar-refractivity contribution is -0.123. The fraction of sp³-hybridized carbons (Fsp3) is 0.867. The van der Waals surface area contributed by atoms with E-state index >= 15 is 0 Å². The lowest BCUT2D eigenvalue weighted by Crippen LogP contribution is -2.41. The number of hydrogen-bond acceptors (Lipinski definition) is 3. The van der Waals surface area contributed by atoms with E-state index in [1.807, 2.05) is 13.8 Å². The normalized spacial score (nSPS) is 11.1. The van der Waals surface area contributed by atoms with Crippen molar-refractivity contribution in [2.45, 2.75) is 72.3 Å². The fourth-order valence-corrected chi connectivity index (χ4v) is 1.43. The smallest absolute Gasteiger partial charge is 0.236 e. The Hall–Kier alpha value is -1.10. The van der Waals surface area contributed by atoms with Crippen LogP contribution in [0.25, 0.3) is 0 Å². The van der Waals surface area contributed by atoms with Gasteiger partial charge in [0.2, 0.25) is 11.8 Å². The summed E-state index contributed by atoms with van der Waals surface area (Å²) in [5.41, 5.74) is 5.71. The largest absolute Gasteiger partial charge is 0.356 e. The van der Waals surface area contributed by atoms with E-state index in [1.54, 1.807) is 0 Å². The number of rotatable bonds is 10. The molecular formula is C15H33N3O2. The molecule has 1 unspecified atom stereocenters. The number of unbranched alkanes of at least 4 members (excludes halogenated alkanes) is 2. The molecule has 20 heavy (non-hydrogen) atoms. The summed E-state index contributed by atoms with van der Waals surface area (Å²) in [6, 6.07) is -0.584. The van der Waals surface area contributed by atoms with Gasteiger partial charge in [-0.2, -0.15) is 0 Å². The first-order valence-electron chi connectivity index (χ1n) is 7.91. The minimum Gasteiger partial charge on any atom is -0.356 e. The predicted molar refractivity (Wildman–Crippen MR) is 84.4 cm³/mol. The summed E-state index contributed by atoms with van der Waals surface area (Å²) in [4.78, 5) is 22.9. The average molecular weight is 287 g/mol. The molecule has 5 heteroatoms. The van der Waals surface area contributed by atoms with Crippen molar-refractivity contribution < 1.29 is 9.59 Å². The van der Waals surface area contributed by atoms with Gasteiger partial charge in [-0.15, -0.1) is 0 Å². The van der Waals surface area contributed by atoms with Gasteiger partial charge in [-0.05, 0) is 19.3 Å². The van der Waals surface area contributed by atoms with Crippen molar-refractivity contribution in [3.63, 3.8) is 0 Å². The zero-order valence-electron chi connectivity index (χ0n) is 13.6. The van der Waals surface area contributed by atoms with Crippen molar-refractivity contribution in [2.75, 3.05) is 13.1 Å². The lowest BCUT2D eigenvalue weighted by Gasteiger charge is -2.11. The number of nitrogens with one attached hydrogen (secondary N) is 2. The molecule has 0 saturated carbocycles. The van der Waals surface area contributed by atoms with Crippen LogP contribution in [0.5, 0.6) is 0 Å². The summed E-state index contributed by atoms with van der Waals surface area (Å²) in [5.74, 6) is -0.190. The van der Waals surface area contributed by atoms with Gasteiger partial charge in [0.05, 0.1) is 6.04 Å². The first kappa shape index (κ1) is 21.2. The van der Waals surface area contributed by atoms with Crippen LogP contribution in [0.2, 0.25) is 0 Å². The molecule has 0 radical (unpaired) electrons. The summed E-state index contributed by atoms with van der Waals surface area (Å²) in [6.45, 7) is 9.49. The molecule has 0 aromatic heterocycles. The Morgan fingerprint density at radius 1 is 1.00 bits per heavy atom. The van der Waals surface area contributed by atoms with Crippen LogP contribution in [0, 0.1) is 0 Å². The van der Waals surface area contributed by atoms with Gasteiger partial charge in [0.25, 0.3) is 0 Å². The molecule has 0 saturated heterocycles. The van der Waals surface area contributed by atoms with Crippen LogP contribution < -0.4 is 16.4 Å². The van der Waals surface area contributed by atoms with E-state index in [9.17, 15) is 9.59 Å². The highest BCUT2D eigenvalue weighted by atomic mass is 16.2. The highest BCUT2D eigenvalue weighted by molar-refractivity contribution is 5.82. The molecule has 0 aliphatic rings. The molecule has 0 fully saturated rings. The van der Waals surface area contributed by atoms with Crippen molar-refractivity contribution in [1.82, 2.24) is 10.6 Å². The maximum absolute atomic E-state index is 11.5. The maximum Gasteiger partial charge on any atom is 0.236 e. The van der Waals surface area contributed by atoms with E-state index in [4.69, 9.17) is 5.73 Å². The molecule has 4 N–H and O–H groups in total. The Bertz CT molecular complexity index is 245. The molecular weight excluding hydrogens is 254 g/mol. The second-order valence-corrected chi connectivity index (χ2v) is 4.49. The molecule has 0 aliphatic heterocycles. The predicted octanol–water partition coefficient (Wildman–Crippen LogP) is 1.95. The van der Waals surface area contributed by atoms with Crippen LogP contribution in [-0.2, 0) is 9.59 Å². The van der Waals surface area contributed by atoms with E-state index in [0.717, 1.165) is 25.7 Å². The van der Waals surface area contributed by atoms with Crippen molar-refractivity contribution in [3.05, 3.63) is 0 Å². The maximum atomic E-state index is 11.5. The van der Waals surface area contributed by atoms with Crippen LogP contribution >= 0.6 is 0 Å². The summed E-state index contributed by atoms with van der Waals surface area (Å²) in [5, 5.41) is 5.57. The molecule has 0 rings (SSSR count). The van der Waals surface area contributed by atoms with Crippen LogP contribution in [0.15, 0.2) is 0 Å². The van der Waals surface area contributed by atoms with E-state index < -0.39 is 6.04 Å². The van der Waals surface area contributed by atoms with Gasteiger partial charge in [-0.3, -0.25) is 9.59 Å². The second kappa shape index (κ2) is 16.0. The SMILES string of the molecule is CC.CCCCNC(=O)CCC(N)C(=O)NCCCC. The molecule has 5 nitrogen and oxygen atoms in total. The van der Waals surface area contributed by atoms with Gasteiger partial charge < -0.3 is 16.4 Å². The Balaban J connectivity index is 0. The van der Waals surface area contributed by atoms with E-state index in [1.165, 1.54) is 0 Å². The molecule has 0 bridgehead atoms. The van der Waals surface area contributed by atoms with Crippen LogP contribution in [-0.4, -0.2) is 30.9 Å². The Labute approximate surface area is 124 Å². The molecule has 0 aromatic rings. The lowest BCUT2D eigenvalue weighted by atomic mass is 10.1. The standard InChI is InChI=1S/C13H27N3O2.C2H6/c1-3-5-9-15-12(17)8-7-11(14)13(18)16-10-6-4-2;1-2/h11H,3-10,14H2,1-2H3,(H,15,17)(H,16,18);1-2H3. The number of carbonyl (C=O) groups excluding carboxylic acids is 2. The van der Waals surface area contributed by atoms with Crippen molar-refractivity contribution in [1.29, 1.82) is 0 Å². The molecule has 0 heterocycles. The second-order valence-electron chi connectivity index (χ2n) is 4.49. The van der Waals surface area contributed by atoms with Gasteiger partial charge >= 0.3 is 0 Å². The first-order chi connectivity index (χ1) is 9.61. The summed E-state index contributed by atoms with van der Waals surface area (Å²) >= 11 is 0. The van der Waals surface area contributed by atoms with Crippen LogP contribution in [0.4, 0.5) is 0 Å². The third kappa shape index (κ3) is 13.3. The molecule has 0 aromatic carbocycles. The number of nitrogens with two attached hydrogens (primary N) is 1. The van der Waals surface area contributed by atoms with E-state index in [-0.39, 0.29) is 11.8 Å². The van der Waals surface area contributed by atoms with E-state index in [0.29, 0.717) is 25.9 Å². The third-order valence-electron chi connectivity index (χ3n) is 2.70. The molecule has 0 spiro atoms. The summed E-state index contributed by atoms with van der Waals surface area (Å²) < 4.78 is 0. The number of carbonyl (C=O) groups is 2. The Kier molecular flexibility index (Phi) is 16.9. The Morgan fingerprint density at radius 2 is 1.50 bits per heavy atom. The monoisotopic (exact) mass is 287 g/mol. The molecule has 120 valence electrons. The molecule has 2 amide bonds. The van der Waals surface area contributed by atoms with Gasteiger partial charge in [0, 0.05) is 19.5 Å². The number of amides is 2. The fourth-order valence-electron chi connectivity index (χ4n) is 1.43. The number of hydrogen-bond donors (Lipinski definition) is 3. The van der Waals surface area contributed by atoms with Crippen molar-refractivity contribution >= 4 is 11.8 Å². The van der Waals surface area contributed by atoms with Crippen LogP contribution in [0.1, 0.15) is 66.2 Å². The topological polar surface area (TPSA) is 84.2 Å². The van der Waals surface area contributed by atoms with Crippen molar-refractivity contribution in [2.24, 2.45) is 5.73 Å². The van der Waals surface area contributed by atoms with Gasteiger partial charge in [0.1, 0.15) is 0 Å². The third-order valence-corrected chi connectivity index (χ3v) is 2.70. The minimum atomic E-state index is -0.584. The van der Waals surface area contributed by atoms with Gasteiger partial charge in [-0.25, -0.2) is 0 Å². The zero-order chi connectivity index (χ0) is 15.8. The highest BCUT2D eigenvalue weighted by Crippen LogP contribution is 1.96.